The third-order valence-corrected chi connectivity index (χ3v) is 6.75. The summed E-state index contributed by atoms with van der Waals surface area (Å²) >= 11 is 0. The van der Waals surface area contributed by atoms with Crippen molar-refractivity contribution in [1.82, 2.24) is 9.47 Å². The molecule has 0 amide bonds. The fraction of sp³-hybridized carbons (Fsp3) is 0.345. The van der Waals surface area contributed by atoms with Crippen molar-refractivity contribution in [2.45, 2.75) is 45.1 Å². The molecule has 5 nitrogen and oxygen atoms in total. The van der Waals surface area contributed by atoms with Gasteiger partial charge in [-0.05, 0) is 48.1 Å². The number of hydrogen-bond acceptors (Lipinski definition) is 4. The van der Waals surface area contributed by atoms with Gasteiger partial charge in [-0.15, -0.1) is 0 Å². The van der Waals surface area contributed by atoms with Crippen molar-refractivity contribution in [1.29, 1.82) is 0 Å². The van der Waals surface area contributed by atoms with E-state index in [0.717, 1.165) is 49.2 Å². The smallest absolute Gasteiger partial charge is 0.254 e. The predicted molar refractivity (Wildman–Crippen MR) is 137 cm³/mol. The minimum absolute atomic E-state index is 0.0163. The minimum atomic E-state index is -0.100. The van der Waals surface area contributed by atoms with Gasteiger partial charge in [0, 0.05) is 39.0 Å². The fourth-order valence-electron chi connectivity index (χ4n) is 4.24. The van der Waals surface area contributed by atoms with E-state index in [4.69, 9.17) is 9.47 Å². The molecule has 1 fully saturated rings. The Morgan fingerprint density at radius 2 is 1.71 bits per heavy atom. The van der Waals surface area contributed by atoms with Crippen LogP contribution in [-0.4, -0.2) is 35.3 Å². The van der Waals surface area contributed by atoms with Gasteiger partial charge in [0.1, 0.15) is 12.4 Å². The monoisotopic (exact) mass is 458 g/mol. The summed E-state index contributed by atoms with van der Waals surface area (Å²) in [5.74, 6) is 0.573. The van der Waals surface area contributed by atoms with Crippen LogP contribution in [0.4, 0.5) is 0 Å². The van der Waals surface area contributed by atoms with Crippen LogP contribution in [-0.2, 0) is 24.4 Å². The molecule has 0 atom stereocenters. The molecule has 1 aliphatic rings. The Bertz CT molecular complexity index is 1140. The highest BCUT2D eigenvalue weighted by molar-refractivity contribution is 5.63. The second-order valence-corrected chi connectivity index (χ2v) is 9.33. The number of aromatic nitrogens is 1. The molecule has 3 aromatic rings. The van der Waals surface area contributed by atoms with E-state index < -0.39 is 0 Å². The average Bonchev–Trinajstić information content (AvgIpc) is 2.87. The Balaban J connectivity index is 1.30. The molecule has 0 bridgehead atoms. The van der Waals surface area contributed by atoms with E-state index in [-0.39, 0.29) is 11.2 Å². The first-order chi connectivity index (χ1) is 16.4. The topological polar surface area (TPSA) is 43.7 Å². The molecular weight excluding hydrogens is 424 g/mol. The molecule has 0 spiro atoms. The Labute approximate surface area is 202 Å². The van der Waals surface area contributed by atoms with Gasteiger partial charge in [-0.3, -0.25) is 9.69 Å². The zero-order chi connectivity index (χ0) is 24.0. The van der Waals surface area contributed by atoms with Gasteiger partial charge < -0.3 is 14.0 Å². The van der Waals surface area contributed by atoms with Crippen LogP contribution in [0.1, 0.15) is 36.5 Å². The number of rotatable bonds is 9. The summed E-state index contributed by atoms with van der Waals surface area (Å²) in [6, 6.07) is 21.8. The van der Waals surface area contributed by atoms with Crippen molar-refractivity contribution in [2.75, 3.05) is 20.2 Å². The molecule has 178 valence electrons. The second kappa shape index (κ2) is 10.9. The quantitative estimate of drug-likeness (QED) is 0.445. The summed E-state index contributed by atoms with van der Waals surface area (Å²) in [5, 5.41) is 0. The highest BCUT2D eigenvalue weighted by Crippen LogP contribution is 2.26. The van der Waals surface area contributed by atoms with Crippen molar-refractivity contribution in [3.05, 3.63) is 107 Å². The molecule has 0 saturated carbocycles. The minimum Gasteiger partial charge on any atom is -0.489 e. The molecule has 1 aromatic heterocycles. The fourth-order valence-corrected chi connectivity index (χ4v) is 4.24. The number of hydrogen-bond donors (Lipinski definition) is 0. The first-order valence-corrected chi connectivity index (χ1v) is 11.9. The van der Waals surface area contributed by atoms with Crippen LogP contribution >= 0.6 is 0 Å². The van der Waals surface area contributed by atoms with Crippen molar-refractivity contribution in [3.63, 3.8) is 0 Å². The van der Waals surface area contributed by atoms with E-state index in [0.29, 0.717) is 18.9 Å². The van der Waals surface area contributed by atoms with Crippen LogP contribution in [0.15, 0.2) is 84.3 Å². The standard InChI is InChI=1S/C29H34N2O3/c1-23(20-31-16-13-27(19-28(31)32)34-22-25-7-5-4-6-8-25)26-11-9-24(10-12-26)21-30-17-14-29(2,33-3)15-18-30/h4-13,16,19H,1,14-15,17-18,20-22H2,2-3H3. The van der Waals surface area contributed by atoms with Crippen LogP contribution in [0.2, 0.25) is 0 Å². The molecule has 0 aliphatic carbocycles. The first kappa shape index (κ1) is 24.0. The SMILES string of the molecule is C=C(Cn1ccc(OCc2ccccc2)cc1=O)c1ccc(CN2CCC(C)(OC)CC2)cc1. The Morgan fingerprint density at radius 1 is 1.00 bits per heavy atom. The van der Waals surface area contributed by atoms with E-state index in [1.807, 2.05) is 43.5 Å². The highest BCUT2D eigenvalue weighted by atomic mass is 16.5. The lowest BCUT2D eigenvalue weighted by Gasteiger charge is -2.38. The summed E-state index contributed by atoms with van der Waals surface area (Å²) in [6.45, 7) is 10.3. The van der Waals surface area contributed by atoms with E-state index >= 15 is 0 Å². The van der Waals surface area contributed by atoms with Crippen LogP contribution in [0.25, 0.3) is 5.57 Å². The number of piperidine rings is 1. The molecule has 5 heteroatoms. The van der Waals surface area contributed by atoms with Crippen molar-refractivity contribution in [3.8, 4) is 5.75 Å². The number of methoxy groups -OCH3 is 1. The van der Waals surface area contributed by atoms with Crippen LogP contribution in [0, 0.1) is 0 Å². The van der Waals surface area contributed by atoms with Gasteiger partial charge in [-0.25, -0.2) is 0 Å². The lowest BCUT2D eigenvalue weighted by molar-refractivity contribution is -0.0440. The number of nitrogens with zero attached hydrogens (tertiary/aromatic N) is 2. The molecule has 34 heavy (non-hydrogen) atoms. The van der Waals surface area contributed by atoms with Gasteiger partial charge in [0.15, 0.2) is 0 Å². The normalized spacial score (nSPS) is 15.7. The van der Waals surface area contributed by atoms with E-state index in [2.05, 4.69) is 42.7 Å². The van der Waals surface area contributed by atoms with Crippen LogP contribution in [0.3, 0.4) is 0 Å². The lowest BCUT2D eigenvalue weighted by atomic mass is 9.93. The number of allylic oxidation sites excluding steroid dienone is 1. The molecule has 1 aliphatic heterocycles. The average molecular weight is 459 g/mol. The maximum atomic E-state index is 12.6. The summed E-state index contributed by atoms with van der Waals surface area (Å²) < 4.78 is 13.1. The molecule has 0 radical (unpaired) electrons. The summed E-state index contributed by atoms with van der Waals surface area (Å²) in [6.07, 6.45) is 3.89. The maximum Gasteiger partial charge on any atom is 0.254 e. The van der Waals surface area contributed by atoms with Crippen molar-refractivity contribution >= 4 is 5.57 Å². The molecule has 1 saturated heterocycles. The molecule has 4 rings (SSSR count). The molecular formula is C29H34N2O3. The van der Waals surface area contributed by atoms with E-state index in [9.17, 15) is 4.79 Å². The number of benzene rings is 2. The highest BCUT2D eigenvalue weighted by Gasteiger charge is 2.29. The van der Waals surface area contributed by atoms with Crippen LogP contribution in [0.5, 0.6) is 5.75 Å². The lowest BCUT2D eigenvalue weighted by Crippen LogP contribution is -2.43. The third kappa shape index (κ3) is 6.25. The molecule has 0 N–H and O–H groups in total. The summed E-state index contributed by atoms with van der Waals surface area (Å²) in [5.41, 5.74) is 4.22. The number of pyridine rings is 1. The van der Waals surface area contributed by atoms with Gasteiger partial charge in [0.25, 0.3) is 5.56 Å². The van der Waals surface area contributed by atoms with Gasteiger partial charge in [-0.2, -0.15) is 0 Å². The van der Waals surface area contributed by atoms with Gasteiger partial charge in [0.2, 0.25) is 0 Å². The van der Waals surface area contributed by atoms with Gasteiger partial charge >= 0.3 is 0 Å². The van der Waals surface area contributed by atoms with E-state index in [1.54, 1.807) is 10.8 Å². The van der Waals surface area contributed by atoms with Gasteiger partial charge in [0.05, 0.1) is 12.1 Å². The molecule has 2 heterocycles. The molecule has 2 aromatic carbocycles. The van der Waals surface area contributed by atoms with E-state index in [1.165, 1.54) is 11.6 Å². The van der Waals surface area contributed by atoms with Gasteiger partial charge in [-0.1, -0.05) is 61.2 Å². The largest absolute Gasteiger partial charge is 0.489 e. The number of likely N-dealkylation sites (tertiary alicyclic amines) is 1. The van der Waals surface area contributed by atoms with Crippen molar-refractivity contribution < 1.29 is 9.47 Å². The number of ether oxygens (including phenoxy) is 2. The maximum absolute atomic E-state index is 12.6. The third-order valence-electron chi connectivity index (χ3n) is 6.75. The Kier molecular flexibility index (Phi) is 7.66. The molecule has 0 unspecified atom stereocenters. The van der Waals surface area contributed by atoms with Crippen LogP contribution < -0.4 is 10.3 Å². The second-order valence-electron chi connectivity index (χ2n) is 9.33. The first-order valence-electron chi connectivity index (χ1n) is 11.9. The summed E-state index contributed by atoms with van der Waals surface area (Å²) in [4.78, 5) is 15.1. The Morgan fingerprint density at radius 3 is 2.35 bits per heavy atom. The zero-order valence-electron chi connectivity index (χ0n) is 20.2. The van der Waals surface area contributed by atoms with Crippen molar-refractivity contribution in [2.24, 2.45) is 0 Å². The Hall–Kier alpha value is -3.15. The zero-order valence-corrected chi connectivity index (χ0v) is 20.2. The predicted octanol–water partition coefficient (Wildman–Crippen LogP) is 5.14. The summed E-state index contributed by atoms with van der Waals surface area (Å²) in [7, 11) is 1.81.